The van der Waals surface area contributed by atoms with Crippen LogP contribution in [0.25, 0.3) is 34.4 Å². The molecule has 2 unspecified atom stereocenters. The van der Waals surface area contributed by atoms with Gasteiger partial charge < -0.3 is 24.8 Å². The second-order valence-electron chi connectivity index (χ2n) is 14.7. The Kier molecular flexibility index (Phi) is 11.3. The first-order valence-electron chi connectivity index (χ1n) is 17.7. The van der Waals surface area contributed by atoms with Crippen molar-refractivity contribution in [1.29, 1.82) is 0 Å². The van der Waals surface area contributed by atoms with Crippen molar-refractivity contribution in [1.82, 2.24) is 0 Å². The zero-order valence-electron chi connectivity index (χ0n) is 29.0. The minimum atomic E-state index is -2.96. The summed E-state index contributed by atoms with van der Waals surface area (Å²) in [5.41, 5.74) is 18.3. The Balaban J connectivity index is 0.00000217. The molecule has 0 nitrogen and oxygen atoms in total. The van der Waals surface area contributed by atoms with E-state index in [1.165, 1.54) is 65.7 Å². The van der Waals surface area contributed by atoms with Gasteiger partial charge >= 0.3 is 279 Å². The van der Waals surface area contributed by atoms with Gasteiger partial charge in [0.2, 0.25) is 0 Å². The first-order valence-corrected chi connectivity index (χ1v) is 27.0. The summed E-state index contributed by atoms with van der Waals surface area (Å²) in [7, 11) is 0. The van der Waals surface area contributed by atoms with E-state index in [1.54, 1.807) is 22.3 Å². The summed E-state index contributed by atoms with van der Waals surface area (Å²) in [5, 5.41) is 0. The van der Waals surface area contributed by atoms with Gasteiger partial charge in [-0.05, 0) is 0 Å². The third kappa shape index (κ3) is 6.47. The van der Waals surface area contributed by atoms with E-state index >= 15 is 0 Å². The zero-order chi connectivity index (χ0) is 31.3. The van der Waals surface area contributed by atoms with Crippen LogP contribution >= 0.6 is 0 Å². The van der Waals surface area contributed by atoms with Gasteiger partial charge in [0.1, 0.15) is 0 Å². The van der Waals surface area contributed by atoms with Crippen LogP contribution in [0.3, 0.4) is 0 Å². The summed E-state index contributed by atoms with van der Waals surface area (Å²) >= 11 is -2.96. The molecule has 244 valence electrons. The summed E-state index contributed by atoms with van der Waals surface area (Å²) in [4.78, 5) is 0. The summed E-state index contributed by atoms with van der Waals surface area (Å²) in [6.07, 6.45) is 10.0. The van der Waals surface area contributed by atoms with Crippen molar-refractivity contribution in [3.8, 4) is 22.3 Å². The van der Waals surface area contributed by atoms with E-state index < -0.39 is 20.0 Å². The molecule has 3 aliphatic rings. The normalized spacial score (nSPS) is 18.0. The molecule has 1 aliphatic heterocycles. The summed E-state index contributed by atoms with van der Waals surface area (Å²) in [6, 6.07) is 33.4. The van der Waals surface area contributed by atoms with E-state index in [4.69, 9.17) is 0 Å². The van der Waals surface area contributed by atoms with Crippen molar-refractivity contribution >= 4 is 12.2 Å². The number of benzene rings is 4. The van der Waals surface area contributed by atoms with Gasteiger partial charge in [-0.3, -0.25) is 0 Å². The second-order valence-corrected chi connectivity index (χ2v) is 31.3. The molecular weight excluding hydrogens is 778 g/mol. The molecule has 0 N–H and O–H groups in total. The van der Waals surface area contributed by atoms with Crippen LogP contribution in [-0.4, -0.2) is 0 Å². The quantitative estimate of drug-likeness (QED) is 0.154. The molecule has 2 atom stereocenters. The maximum atomic E-state index is 2.66. The number of hydrogen-bond acceptors (Lipinski definition) is 0. The van der Waals surface area contributed by atoms with Crippen molar-refractivity contribution in [2.45, 2.75) is 82.9 Å². The van der Waals surface area contributed by atoms with E-state index in [1.807, 2.05) is 0 Å². The van der Waals surface area contributed by atoms with Crippen molar-refractivity contribution in [2.75, 3.05) is 0 Å². The van der Waals surface area contributed by atoms with Crippen LogP contribution in [0.4, 0.5) is 0 Å². The molecule has 4 aromatic carbocycles. The van der Waals surface area contributed by atoms with Gasteiger partial charge in [-0.15, -0.1) is 0 Å². The molecule has 0 spiro atoms. The summed E-state index contributed by atoms with van der Waals surface area (Å²) in [6.45, 7) is 14.4. The van der Waals surface area contributed by atoms with Gasteiger partial charge in [-0.2, -0.15) is 0 Å². The van der Waals surface area contributed by atoms with Crippen LogP contribution < -0.4 is 24.8 Å². The van der Waals surface area contributed by atoms with Crippen LogP contribution in [0.15, 0.2) is 96.1 Å². The van der Waals surface area contributed by atoms with E-state index in [0.29, 0.717) is 19.2 Å². The summed E-state index contributed by atoms with van der Waals surface area (Å²) in [5.74, 6) is 1.14. The molecule has 2 aliphatic carbocycles. The van der Waals surface area contributed by atoms with Gasteiger partial charge in [-0.1, -0.05) is 0 Å². The minimum Gasteiger partial charge on any atom is -1.00 e. The fourth-order valence-corrected chi connectivity index (χ4v) is 37.7. The Morgan fingerprint density at radius 2 is 0.936 bits per heavy atom. The molecule has 1 heterocycles. The van der Waals surface area contributed by atoms with Crippen LogP contribution in [0.2, 0.25) is 8.35 Å². The molecule has 47 heavy (non-hydrogen) atoms. The van der Waals surface area contributed by atoms with Gasteiger partial charge in [-0.25, -0.2) is 0 Å². The van der Waals surface area contributed by atoms with Crippen molar-refractivity contribution in [2.24, 2.45) is 11.8 Å². The van der Waals surface area contributed by atoms with Gasteiger partial charge in [0.15, 0.2) is 0 Å². The molecule has 0 amide bonds. The van der Waals surface area contributed by atoms with Crippen LogP contribution in [0, 0.1) is 11.8 Å². The van der Waals surface area contributed by atoms with Crippen LogP contribution in [0.5, 0.6) is 0 Å². The maximum Gasteiger partial charge on any atom is -1.00 e. The predicted octanol–water partition coefficient (Wildman–Crippen LogP) is 6.83. The number of hydrogen-bond donors (Lipinski definition) is 0. The molecule has 4 aromatic rings. The second kappa shape index (κ2) is 14.7. The molecular formula is C44H50Cl2Hf. The van der Waals surface area contributed by atoms with Crippen LogP contribution in [-0.2, 0) is 32.8 Å². The summed E-state index contributed by atoms with van der Waals surface area (Å²) < 4.78 is 4.39. The molecule has 3 heteroatoms. The van der Waals surface area contributed by atoms with Crippen molar-refractivity contribution in [3.63, 3.8) is 0 Å². The van der Waals surface area contributed by atoms with E-state index in [2.05, 4.69) is 139 Å². The first kappa shape index (κ1) is 36.1. The van der Waals surface area contributed by atoms with E-state index in [9.17, 15) is 0 Å². The first-order chi connectivity index (χ1) is 21.9. The van der Waals surface area contributed by atoms with Crippen molar-refractivity contribution in [3.05, 3.63) is 129 Å². The Morgan fingerprint density at radius 3 is 1.26 bits per heavy atom. The van der Waals surface area contributed by atoms with Gasteiger partial charge in [0.25, 0.3) is 0 Å². The topological polar surface area (TPSA) is 0 Å². The average Bonchev–Trinajstić information content (AvgIpc) is 3.55. The third-order valence-electron chi connectivity index (χ3n) is 11.1. The fraction of sp³-hybridized carbons (Fsp3) is 0.364. The van der Waals surface area contributed by atoms with Crippen molar-refractivity contribution < 1.29 is 44.8 Å². The minimum absolute atomic E-state index is 0. The Labute approximate surface area is 301 Å². The molecule has 0 radical (unpaired) electrons. The van der Waals surface area contributed by atoms with E-state index in [-0.39, 0.29) is 24.8 Å². The molecule has 1 saturated heterocycles. The number of fused-ring (bicyclic) bond motifs is 2. The zero-order valence-corrected chi connectivity index (χ0v) is 34.2. The standard InChI is InChI=1S/2C21H23.C2H4.2ClH.Hf/c2*1-4-6-16-9-11-17(12-10-16)20-8-5-7-18-13-19(15(2)3)14-21(18)20;1-2;;;/h2*5,7-15H,4,6H2,1-3H3;1-2H2;2*1H;/q;;;;;+2/p-2. The number of allylic oxidation sites excluding steroid dienone is 2. The SMILES string of the molecule is CCCc1ccc(-c2cccc3c2C=C(C(C)C)[CH]3[Hf+2]2([CH]3C(C(C)C)=Cc4c(-c5ccc(CCC)cc5)cccc43)[CH2][CH2]2)cc1.[Cl-].[Cl-]. The Hall–Kier alpha value is -2.19. The monoisotopic (exact) mass is 828 g/mol. The Morgan fingerprint density at radius 1 is 0.553 bits per heavy atom. The van der Waals surface area contributed by atoms with E-state index in [0.717, 1.165) is 12.8 Å². The average molecular weight is 828 g/mol. The molecule has 1 fully saturated rings. The predicted molar refractivity (Wildman–Crippen MR) is 192 cm³/mol. The fourth-order valence-electron chi connectivity index (χ4n) is 8.81. The Bertz CT molecular complexity index is 1640. The van der Waals surface area contributed by atoms with Crippen LogP contribution in [0.1, 0.15) is 95.1 Å². The third-order valence-corrected chi connectivity index (χ3v) is 29.9. The number of rotatable bonds is 10. The largest absolute Gasteiger partial charge is 1.00 e. The molecule has 0 bridgehead atoms. The smallest absolute Gasteiger partial charge is 1.00 e. The molecule has 0 aromatic heterocycles. The molecule has 0 saturated carbocycles. The molecule has 7 rings (SSSR count). The van der Waals surface area contributed by atoms with Gasteiger partial charge in [0, 0.05) is 0 Å². The number of aryl methyl sites for hydroxylation is 2. The maximum absolute atomic E-state index is 2.96. The number of halogens is 2. The van der Waals surface area contributed by atoms with Gasteiger partial charge in [0.05, 0.1) is 0 Å².